The van der Waals surface area contributed by atoms with Crippen LogP contribution in [-0.2, 0) is 11.3 Å². The molecule has 1 fully saturated rings. The molecule has 3 rings (SSSR count). The van der Waals surface area contributed by atoms with Crippen molar-refractivity contribution in [2.75, 3.05) is 26.8 Å². The van der Waals surface area contributed by atoms with Crippen molar-refractivity contribution >= 4 is 5.91 Å². The van der Waals surface area contributed by atoms with Gasteiger partial charge in [-0.25, -0.2) is 0 Å². The summed E-state index contributed by atoms with van der Waals surface area (Å²) in [7, 11) is 1.84. The van der Waals surface area contributed by atoms with Gasteiger partial charge in [-0.15, -0.1) is 0 Å². The number of rotatable bonds is 7. The standard InChI is InChI=1S/C20H27N3O3/c1-22(9-8-19-7-2-3-12-26-19)20(25)17-6-4-5-16(13-17)18-14-21-23(15-18)10-11-24/h4-6,13-15,19,24H,2-3,7-12H2,1H3/t19-/m0/s1. The summed E-state index contributed by atoms with van der Waals surface area (Å²) in [6.07, 6.45) is 8.25. The van der Waals surface area contributed by atoms with Gasteiger partial charge in [0, 0.05) is 37.5 Å². The molecule has 0 saturated carbocycles. The Hall–Kier alpha value is -2.18. The lowest BCUT2D eigenvalue weighted by Gasteiger charge is -2.25. The monoisotopic (exact) mass is 357 g/mol. The van der Waals surface area contributed by atoms with E-state index in [0.29, 0.717) is 18.7 Å². The van der Waals surface area contributed by atoms with Gasteiger partial charge in [-0.3, -0.25) is 9.48 Å². The van der Waals surface area contributed by atoms with Gasteiger partial charge in [-0.05, 0) is 43.4 Å². The third-order valence-electron chi connectivity index (χ3n) is 4.81. The first kappa shape index (κ1) is 18.6. The van der Waals surface area contributed by atoms with E-state index >= 15 is 0 Å². The molecule has 1 saturated heterocycles. The van der Waals surface area contributed by atoms with Crippen LogP contribution in [0.15, 0.2) is 36.7 Å². The summed E-state index contributed by atoms with van der Waals surface area (Å²) < 4.78 is 7.44. The van der Waals surface area contributed by atoms with Crippen LogP contribution in [0.1, 0.15) is 36.0 Å². The quantitative estimate of drug-likeness (QED) is 0.827. The minimum Gasteiger partial charge on any atom is -0.394 e. The Morgan fingerprint density at radius 1 is 1.38 bits per heavy atom. The summed E-state index contributed by atoms with van der Waals surface area (Å²) in [6, 6.07) is 7.60. The predicted octanol–water partition coefficient (Wildman–Crippen LogP) is 2.57. The first-order valence-corrected chi connectivity index (χ1v) is 9.28. The molecule has 1 atom stereocenters. The maximum Gasteiger partial charge on any atom is 0.253 e. The lowest BCUT2D eigenvalue weighted by atomic mass is 10.0. The van der Waals surface area contributed by atoms with Crippen molar-refractivity contribution in [2.45, 2.75) is 38.3 Å². The van der Waals surface area contributed by atoms with Gasteiger partial charge in [-0.1, -0.05) is 12.1 Å². The minimum atomic E-state index is 0.0189. The van der Waals surface area contributed by atoms with E-state index in [1.165, 1.54) is 6.42 Å². The molecular weight excluding hydrogens is 330 g/mol. The second-order valence-electron chi connectivity index (χ2n) is 6.80. The number of aromatic nitrogens is 2. The van der Waals surface area contributed by atoms with Crippen molar-refractivity contribution in [3.8, 4) is 11.1 Å². The third-order valence-corrected chi connectivity index (χ3v) is 4.81. The maximum absolute atomic E-state index is 12.7. The van der Waals surface area contributed by atoms with Gasteiger partial charge in [0.05, 0.1) is 25.5 Å². The second kappa shape index (κ2) is 8.96. The molecule has 0 bridgehead atoms. The molecule has 1 N–H and O–H groups in total. The Kier molecular flexibility index (Phi) is 6.41. The fourth-order valence-corrected chi connectivity index (χ4v) is 3.26. The van der Waals surface area contributed by atoms with Gasteiger partial charge in [0.1, 0.15) is 0 Å². The Bertz CT molecular complexity index is 723. The average Bonchev–Trinajstić information content (AvgIpc) is 3.15. The number of amides is 1. The number of ether oxygens (including phenoxy) is 1. The fourth-order valence-electron chi connectivity index (χ4n) is 3.26. The number of benzene rings is 1. The summed E-state index contributed by atoms with van der Waals surface area (Å²) in [5, 5.41) is 13.2. The zero-order valence-electron chi connectivity index (χ0n) is 15.3. The molecule has 26 heavy (non-hydrogen) atoms. The number of hydrogen-bond acceptors (Lipinski definition) is 4. The number of hydrogen-bond donors (Lipinski definition) is 1. The molecule has 0 radical (unpaired) electrons. The van der Waals surface area contributed by atoms with Crippen molar-refractivity contribution < 1.29 is 14.6 Å². The van der Waals surface area contributed by atoms with E-state index in [4.69, 9.17) is 9.84 Å². The molecule has 1 aliphatic heterocycles. The van der Waals surface area contributed by atoms with Crippen molar-refractivity contribution in [1.29, 1.82) is 0 Å². The van der Waals surface area contributed by atoms with Gasteiger partial charge in [0.25, 0.3) is 5.91 Å². The first-order chi connectivity index (χ1) is 12.7. The maximum atomic E-state index is 12.7. The topological polar surface area (TPSA) is 67.6 Å². The van der Waals surface area contributed by atoms with Crippen LogP contribution in [0.4, 0.5) is 0 Å². The van der Waals surface area contributed by atoms with Gasteiger partial charge >= 0.3 is 0 Å². The first-order valence-electron chi connectivity index (χ1n) is 9.28. The van der Waals surface area contributed by atoms with Crippen molar-refractivity contribution in [2.24, 2.45) is 0 Å². The summed E-state index contributed by atoms with van der Waals surface area (Å²) in [4.78, 5) is 14.5. The van der Waals surface area contributed by atoms with E-state index in [0.717, 1.165) is 37.0 Å². The molecule has 1 aromatic carbocycles. The number of carbonyl (C=O) groups excluding carboxylic acids is 1. The zero-order chi connectivity index (χ0) is 18.4. The molecule has 2 aromatic rings. The molecule has 1 aliphatic rings. The van der Waals surface area contributed by atoms with E-state index in [1.54, 1.807) is 15.8 Å². The number of aliphatic hydroxyl groups excluding tert-OH is 1. The number of carbonyl (C=O) groups is 1. The SMILES string of the molecule is CN(CC[C@@H]1CCCCO1)C(=O)c1cccc(-c2cnn(CCO)c2)c1. The molecule has 2 heterocycles. The van der Waals surface area contributed by atoms with Gasteiger partial charge in [0.15, 0.2) is 0 Å². The lowest BCUT2D eigenvalue weighted by molar-refractivity contribution is 0.00709. The molecule has 6 heteroatoms. The third kappa shape index (κ3) is 4.71. The van der Waals surface area contributed by atoms with Crippen LogP contribution >= 0.6 is 0 Å². The van der Waals surface area contributed by atoms with Gasteiger partial charge in [0.2, 0.25) is 0 Å². The Labute approximate surface area is 154 Å². The van der Waals surface area contributed by atoms with Crippen LogP contribution in [0, 0.1) is 0 Å². The van der Waals surface area contributed by atoms with Crippen LogP contribution in [0.5, 0.6) is 0 Å². The highest BCUT2D eigenvalue weighted by Crippen LogP contribution is 2.21. The van der Waals surface area contributed by atoms with Crippen LogP contribution in [-0.4, -0.2) is 58.6 Å². The second-order valence-corrected chi connectivity index (χ2v) is 6.80. The molecule has 140 valence electrons. The molecule has 0 unspecified atom stereocenters. The van der Waals surface area contributed by atoms with Crippen molar-refractivity contribution in [1.82, 2.24) is 14.7 Å². The van der Waals surface area contributed by atoms with E-state index in [2.05, 4.69) is 5.10 Å². The highest BCUT2D eigenvalue weighted by atomic mass is 16.5. The Morgan fingerprint density at radius 3 is 3.04 bits per heavy atom. The molecule has 6 nitrogen and oxygen atoms in total. The Balaban J connectivity index is 1.63. The number of aliphatic hydroxyl groups is 1. The van der Waals surface area contributed by atoms with Crippen LogP contribution in [0.3, 0.4) is 0 Å². The largest absolute Gasteiger partial charge is 0.394 e. The van der Waals surface area contributed by atoms with Crippen LogP contribution < -0.4 is 0 Å². The van der Waals surface area contributed by atoms with E-state index in [1.807, 2.05) is 37.5 Å². The zero-order valence-corrected chi connectivity index (χ0v) is 15.3. The molecular formula is C20H27N3O3. The number of nitrogens with zero attached hydrogens (tertiary/aromatic N) is 3. The van der Waals surface area contributed by atoms with Gasteiger partial charge in [-0.2, -0.15) is 5.10 Å². The van der Waals surface area contributed by atoms with E-state index in [9.17, 15) is 4.79 Å². The van der Waals surface area contributed by atoms with E-state index in [-0.39, 0.29) is 18.6 Å². The Morgan fingerprint density at radius 2 is 2.27 bits per heavy atom. The molecule has 1 aromatic heterocycles. The summed E-state index contributed by atoms with van der Waals surface area (Å²) in [5.41, 5.74) is 2.56. The average molecular weight is 357 g/mol. The molecule has 0 aliphatic carbocycles. The van der Waals surface area contributed by atoms with Crippen LogP contribution in [0.2, 0.25) is 0 Å². The summed E-state index contributed by atoms with van der Waals surface area (Å²) in [6.45, 7) is 2.05. The van der Waals surface area contributed by atoms with E-state index < -0.39 is 0 Å². The minimum absolute atomic E-state index is 0.0189. The predicted molar refractivity (Wildman–Crippen MR) is 99.9 cm³/mol. The fraction of sp³-hybridized carbons (Fsp3) is 0.500. The highest BCUT2D eigenvalue weighted by Gasteiger charge is 2.17. The molecule has 0 spiro atoms. The van der Waals surface area contributed by atoms with Crippen LogP contribution in [0.25, 0.3) is 11.1 Å². The van der Waals surface area contributed by atoms with Gasteiger partial charge < -0.3 is 14.7 Å². The smallest absolute Gasteiger partial charge is 0.253 e. The lowest BCUT2D eigenvalue weighted by Crippen LogP contribution is -2.31. The summed E-state index contributed by atoms with van der Waals surface area (Å²) in [5.74, 6) is 0.0189. The molecule has 1 amide bonds. The summed E-state index contributed by atoms with van der Waals surface area (Å²) >= 11 is 0. The highest BCUT2D eigenvalue weighted by molar-refractivity contribution is 5.95. The van der Waals surface area contributed by atoms with Crippen molar-refractivity contribution in [3.05, 3.63) is 42.2 Å². The normalized spacial score (nSPS) is 17.2. The van der Waals surface area contributed by atoms with Crippen molar-refractivity contribution in [3.63, 3.8) is 0 Å².